The fraction of sp³-hybridized carbons (Fsp3) is 0.367. The molecule has 1 aliphatic carbocycles. The summed E-state index contributed by atoms with van der Waals surface area (Å²) in [4.78, 5) is 17.2. The van der Waals surface area contributed by atoms with E-state index in [1.807, 2.05) is 35.2 Å². The topological polar surface area (TPSA) is 44.8 Å². The zero-order valence-corrected chi connectivity index (χ0v) is 21.5. The second-order valence-electron chi connectivity index (χ2n) is 9.94. The Kier molecular flexibility index (Phi) is 7.90. The fourth-order valence-electron chi connectivity index (χ4n) is 4.97. The quantitative estimate of drug-likeness (QED) is 0.423. The Morgan fingerprint density at radius 2 is 1.75 bits per heavy atom. The van der Waals surface area contributed by atoms with E-state index in [2.05, 4.69) is 65.7 Å². The van der Waals surface area contributed by atoms with Gasteiger partial charge in [-0.15, -0.1) is 0 Å². The number of hydrogen-bond donors (Lipinski definition) is 1. The van der Waals surface area contributed by atoms with Crippen LogP contribution in [0.1, 0.15) is 40.7 Å². The number of ether oxygens (including phenoxy) is 1. The highest BCUT2D eigenvalue weighted by molar-refractivity contribution is 6.30. The van der Waals surface area contributed by atoms with Gasteiger partial charge in [0.1, 0.15) is 0 Å². The van der Waals surface area contributed by atoms with Crippen LogP contribution in [0.5, 0.6) is 0 Å². The van der Waals surface area contributed by atoms with Crippen molar-refractivity contribution in [3.8, 4) is 0 Å². The third-order valence-corrected chi connectivity index (χ3v) is 7.44. The Bertz CT molecular complexity index is 1150. The molecule has 3 aromatic carbocycles. The van der Waals surface area contributed by atoms with Crippen LogP contribution < -0.4 is 5.32 Å². The Hall–Kier alpha value is -2.86. The molecule has 3 atom stereocenters. The summed E-state index contributed by atoms with van der Waals surface area (Å²) >= 11 is 6.13. The number of benzene rings is 3. The van der Waals surface area contributed by atoms with Crippen LogP contribution in [0.25, 0.3) is 0 Å². The molecule has 5 nitrogen and oxygen atoms in total. The molecule has 36 heavy (non-hydrogen) atoms. The standard InChI is InChI=1S/C30H34ClN3O2/c1-22-6-5-7-23(18-22)21-36-29(25-10-12-26(31)13-11-25)20-33-14-16-34(17-15-33)30(35)32-28-19-27(28)24-8-3-2-4-9-24/h2-13,18,27-29H,14-17,19-21H2,1H3,(H,32,35)/t27-,28-,29+/m0/s1. The molecule has 2 aliphatic rings. The van der Waals surface area contributed by atoms with Gasteiger partial charge in [-0.05, 0) is 42.2 Å². The zero-order chi connectivity index (χ0) is 24.9. The Balaban J connectivity index is 1.13. The van der Waals surface area contributed by atoms with Crippen molar-refractivity contribution in [2.45, 2.75) is 38.0 Å². The van der Waals surface area contributed by atoms with Gasteiger partial charge in [-0.1, -0.05) is 83.9 Å². The number of amides is 2. The van der Waals surface area contributed by atoms with Crippen molar-refractivity contribution in [3.63, 3.8) is 0 Å². The van der Waals surface area contributed by atoms with Gasteiger partial charge in [0.05, 0.1) is 12.7 Å². The number of nitrogens with zero attached hydrogens (tertiary/aromatic N) is 2. The number of aryl methyl sites for hydroxylation is 1. The molecule has 2 fully saturated rings. The van der Waals surface area contributed by atoms with Crippen molar-refractivity contribution in [1.82, 2.24) is 15.1 Å². The molecule has 0 bridgehead atoms. The third-order valence-electron chi connectivity index (χ3n) is 7.19. The number of nitrogens with one attached hydrogen (secondary N) is 1. The average molecular weight is 504 g/mol. The van der Waals surface area contributed by atoms with Crippen molar-refractivity contribution in [1.29, 1.82) is 0 Å². The first kappa shape index (κ1) is 24.8. The molecule has 1 heterocycles. The van der Waals surface area contributed by atoms with Gasteiger partial charge in [0.2, 0.25) is 0 Å². The molecule has 0 radical (unpaired) electrons. The summed E-state index contributed by atoms with van der Waals surface area (Å²) in [6.45, 7) is 6.54. The third kappa shape index (κ3) is 6.47. The zero-order valence-electron chi connectivity index (χ0n) is 20.8. The van der Waals surface area contributed by atoms with E-state index in [-0.39, 0.29) is 18.2 Å². The first-order valence-corrected chi connectivity index (χ1v) is 13.2. The molecule has 1 aliphatic heterocycles. The van der Waals surface area contributed by atoms with E-state index in [1.165, 1.54) is 16.7 Å². The molecule has 5 rings (SSSR count). The summed E-state index contributed by atoms with van der Waals surface area (Å²) in [5.74, 6) is 0.446. The Labute approximate surface area is 219 Å². The smallest absolute Gasteiger partial charge is 0.317 e. The maximum Gasteiger partial charge on any atom is 0.317 e. The number of urea groups is 1. The number of halogens is 1. The van der Waals surface area contributed by atoms with Gasteiger partial charge >= 0.3 is 6.03 Å². The van der Waals surface area contributed by atoms with Crippen LogP contribution in [0.3, 0.4) is 0 Å². The highest BCUT2D eigenvalue weighted by atomic mass is 35.5. The molecule has 2 amide bonds. The van der Waals surface area contributed by atoms with Gasteiger partial charge in [-0.2, -0.15) is 0 Å². The van der Waals surface area contributed by atoms with Crippen LogP contribution in [-0.2, 0) is 11.3 Å². The molecule has 1 saturated carbocycles. The van der Waals surface area contributed by atoms with Gasteiger partial charge in [0.15, 0.2) is 0 Å². The minimum absolute atomic E-state index is 0.0584. The summed E-state index contributed by atoms with van der Waals surface area (Å²) in [6, 6.07) is 27.1. The van der Waals surface area contributed by atoms with Gasteiger partial charge < -0.3 is 15.0 Å². The van der Waals surface area contributed by atoms with Gasteiger partial charge in [-0.25, -0.2) is 4.79 Å². The van der Waals surface area contributed by atoms with E-state index in [9.17, 15) is 4.79 Å². The molecular weight excluding hydrogens is 470 g/mol. The predicted octanol–water partition coefficient (Wildman–Crippen LogP) is 5.79. The summed E-state index contributed by atoms with van der Waals surface area (Å²) in [5.41, 5.74) is 4.83. The lowest BCUT2D eigenvalue weighted by atomic mass is 10.1. The average Bonchev–Trinajstić information content (AvgIpc) is 3.67. The van der Waals surface area contributed by atoms with Gasteiger partial charge in [0, 0.05) is 49.7 Å². The maximum atomic E-state index is 12.9. The van der Waals surface area contributed by atoms with Crippen LogP contribution in [-0.4, -0.2) is 54.6 Å². The molecule has 6 heteroatoms. The summed E-state index contributed by atoms with van der Waals surface area (Å²) in [6.07, 6.45) is 0.956. The molecule has 0 unspecified atom stereocenters. The Morgan fingerprint density at radius 1 is 1.00 bits per heavy atom. The van der Waals surface area contributed by atoms with Crippen LogP contribution in [0.15, 0.2) is 78.9 Å². The fourth-order valence-corrected chi connectivity index (χ4v) is 5.10. The number of carbonyl (C=O) groups excluding carboxylic acids is 1. The van der Waals surface area contributed by atoms with Crippen molar-refractivity contribution in [2.75, 3.05) is 32.7 Å². The monoisotopic (exact) mass is 503 g/mol. The van der Waals surface area contributed by atoms with Crippen LogP contribution >= 0.6 is 11.6 Å². The van der Waals surface area contributed by atoms with Crippen molar-refractivity contribution >= 4 is 17.6 Å². The van der Waals surface area contributed by atoms with E-state index in [0.29, 0.717) is 12.5 Å². The van der Waals surface area contributed by atoms with E-state index >= 15 is 0 Å². The summed E-state index contributed by atoms with van der Waals surface area (Å²) < 4.78 is 6.42. The van der Waals surface area contributed by atoms with E-state index in [0.717, 1.165) is 49.7 Å². The minimum Gasteiger partial charge on any atom is -0.368 e. The van der Waals surface area contributed by atoms with E-state index in [1.54, 1.807) is 0 Å². The molecule has 0 aromatic heterocycles. The van der Waals surface area contributed by atoms with Crippen molar-refractivity contribution in [3.05, 3.63) is 106 Å². The second-order valence-corrected chi connectivity index (χ2v) is 10.4. The number of rotatable bonds is 8. The first-order chi connectivity index (χ1) is 17.5. The lowest BCUT2D eigenvalue weighted by molar-refractivity contribution is 0.00554. The highest BCUT2D eigenvalue weighted by Gasteiger charge is 2.40. The maximum absolute atomic E-state index is 12.9. The number of carbonyl (C=O) groups is 1. The lowest BCUT2D eigenvalue weighted by Crippen LogP contribution is -2.52. The molecule has 1 N–H and O–H groups in total. The Morgan fingerprint density at radius 3 is 2.47 bits per heavy atom. The van der Waals surface area contributed by atoms with Gasteiger partial charge in [-0.3, -0.25) is 4.90 Å². The number of piperazine rings is 1. The van der Waals surface area contributed by atoms with E-state index < -0.39 is 0 Å². The SMILES string of the molecule is Cc1cccc(CO[C@H](CN2CCN(C(=O)N[C@H]3C[C@H]3c3ccccc3)CC2)c2ccc(Cl)cc2)c1. The first-order valence-electron chi connectivity index (χ1n) is 12.8. The lowest BCUT2D eigenvalue weighted by Gasteiger charge is -2.36. The largest absolute Gasteiger partial charge is 0.368 e. The number of hydrogen-bond acceptors (Lipinski definition) is 3. The second kappa shape index (κ2) is 11.5. The van der Waals surface area contributed by atoms with Crippen LogP contribution in [0.4, 0.5) is 4.79 Å². The van der Waals surface area contributed by atoms with E-state index in [4.69, 9.17) is 16.3 Å². The molecule has 3 aromatic rings. The summed E-state index contributed by atoms with van der Waals surface area (Å²) in [5, 5.41) is 3.96. The predicted molar refractivity (Wildman–Crippen MR) is 144 cm³/mol. The normalized spacial score (nSPS) is 20.7. The van der Waals surface area contributed by atoms with Crippen LogP contribution in [0.2, 0.25) is 5.02 Å². The highest BCUT2D eigenvalue weighted by Crippen LogP contribution is 2.40. The van der Waals surface area contributed by atoms with Crippen molar-refractivity contribution in [2.24, 2.45) is 0 Å². The molecule has 1 saturated heterocycles. The molecule has 188 valence electrons. The van der Waals surface area contributed by atoms with Crippen LogP contribution in [0, 0.1) is 6.92 Å². The molecular formula is C30H34ClN3O2. The van der Waals surface area contributed by atoms with Gasteiger partial charge in [0.25, 0.3) is 0 Å². The van der Waals surface area contributed by atoms with Crippen molar-refractivity contribution < 1.29 is 9.53 Å². The summed E-state index contributed by atoms with van der Waals surface area (Å²) in [7, 11) is 0. The molecule has 0 spiro atoms. The minimum atomic E-state index is -0.0683.